The Labute approximate surface area is 164 Å². The van der Waals surface area contributed by atoms with E-state index in [1.54, 1.807) is 0 Å². The van der Waals surface area contributed by atoms with E-state index in [0.717, 1.165) is 41.9 Å². The van der Waals surface area contributed by atoms with Crippen molar-refractivity contribution in [2.24, 2.45) is 5.92 Å². The largest absolute Gasteiger partial charge is 0.481 e. The molecule has 0 radical (unpaired) electrons. The summed E-state index contributed by atoms with van der Waals surface area (Å²) in [6.45, 7) is 7.81. The first-order valence-corrected chi connectivity index (χ1v) is 9.86. The maximum Gasteiger partial charge on any atom is 0.310 e. The molecule has 7 heteroatoms. The van der Waals surface area contributed by atoms with Crippen molar-refractivity contribution in [2.45, 2.75) is 13.5 Å². The van der Waals surface area contributed by atoms with Crippen LogP contribution in [0.15, 0.2) is 24.3 Å². The number of ether oxygens (including phenoxy) is 2. The Morgan fingerprint density at radius 3 is 2.75 bits per heavy atom. The average Bonchev–Trinajstić information content (AvgIpc) is 2.94. The molecule has 2 saturated heterocycles. The van der Waals surface area contributed by atoms with Crippen LogP contribution >= 0.6 is 0 Å². The zero-order valence-electron chi connectivity index (χ0n) is 16.3. The number of anilines is 1. The Morgan fingerprint density at radius 2 is 1.96 bits per heavy atom. The fourth-order valence-corrected chi connectivity index (χ4v) is 3.88. The van der Waals surface area contributed by atoms with Crippen molar-refractivity contribution in [3.63, 3.8) is 0 Å². The Kier molecular flexibility index (Phi) is 5.75. The lowest BCUT2D eigenvalue weighted by atomic mass is 10.1. The van der Waals surface area contributed by atoms with E-state index in [0.29, 0.717) is 32.9 Å². The molecule has 0 saturated carbocycles. The maximum absolute atomic E-state index is 11.5. The summed E-state index contributed by atoms with van der Waals surface area (Å²) in [5.74, 6) is -0.309. The van der Waals surface area contributed by atoms with Crippen LogP contribution < -0.4 is 4.90 Å². The summed E-state index contributed by atoms with van der Waals surface area (Å²) in [6.07, 6.45) is 0. The number of aromatic nitrogens is 1. The second-order valence-corrected chi connectivity index (χ2v) is 7.61. The van der Waals surface area contributed by atoms with Gasteiger partial charge < -0.3 is 19.5 Å². The van der Waals surface area contributed by atoms with Gasteiger partial charge in [-0.1, -0.05) is 12.1 Å². The molecule has 0 amide bonds. The number of carbonyl (C=O) groups is 1. The molecule has 2 fully saturated rings. The molecule has 3 heterocycles. The molecule has 150 valence electrons. The van der Waals surface area contributed by atoms with Crippen LogP contribution in [0.2, 0.25) is 0 Å². The molecule has 1 N–H and O–H groups in total. The van der Waals surface area contributed by atoms with Gasteiger partial charge in [0.1, 0.15) is 5.82 Å². The van der Waals surface area contributed by atoms with Gasteiger partial charge in [-0.15, -0.1) is 0 Å². The first-order valence-electron chi connectivity index (χ1n) is 9.86. The van der Waals surface area contributed by atoms with E-state index >= 15 is 0 Å². The number of fused-ring (bicyclic) bond motifs is 1. The highest BCUT2D eigenvalue weighted by molar-refractivity contribution is 5.82. The quantitative estimate of drug-likeness (QED) is 0.862. The third kappa shape index (κ3) is 4.27. The molecule has 7 nitrogen and oxygen atoms in total. The smallest absolute Gasteiger partial charge is 0.310 e. The highest BCUT2D eigenvalue weighted by atomic mass is 16.5. The number of aryl methyl sites for hydroxylation is 1. The molecule has 0 bridgehead atoms. The van der Waals surface area contributed by atoms with Crippen LogP contribution in [0.4, 0.5) is 5.82 Å². The lowest BCUT2D eigenvalue weighted by Gasteiger charge is -2.31. The zero-order chi connectivity index (χ0) is 19.5. The van der Waals surface area contributed by atoms with E-state index in [-0.39, 0.29) is 6.61 Å². The Morgan fingerprint density at radius 1 is 1.18 bits per heavy atom. The van der Waals surface area contributed by atoms with Crippen molar-refractivity contribution in [1.29, 1.82) is 0 Å². The summed E-state index contributed by atoms with van der Waals surface area (Å²) in [5.41, 5.74) is 3.31. The van der Waals surface area contributed by atoms with Gasteiger partial charge in [-0.25, -0.2) is 4.98 Å². The van der Waals surface area contributed by atoms with Gasteiger partial charge in [0.2, 0.25) is 0 Å². The first-order chi connectivity index (χ1) is 13.6. The van der Waals surface area contributed by atoms with Crippen molar-refractivity contribution in [2.75, 3.05) is 57.5 Å². The molecule has 1 aromatic heterocycles. The van der Waals surface area contributed by atoms with E-state index in [4.69, 9.17) is 14.5 Å². The molecule has 2 aromatic rings. The monoisotopic (exact) mass is 385 g/mol. The zero-order valence-corrected chi connectivity index (χ0v) is 16.3. The third-order valence-electron chi connectivity index (χ3n) is 5.43. The number of benzene rings is 1. The van der Waals surface area contributed by atoms with Crippen LogP contribution in [0.1, 0.15) is 11.1 Å². The number of carboxylic acid groups (broad SMARTS) is 1. The van der Waals surface area contributed by atoms with Crippen LogP contribution in [0.3, 0.4) is 0 Å². The highest BCUT2D eigenvalue weighted by Crippen LogP contribution is 2.27. The second kappa shape index (κ2) is 8.43. The van der Waals surface area contributed by atoms with Crippen molar-refractivity contribution in [3.05, 3.63) is 35.4 Å². The Balaban J connectivity index is 1.67. The van der Waals surface area contributed by atoms with E-state index in [1.807, 2.05) is 0 Å². The van der Waals surface area contributed by atoms with E-state index in [1.165, 1.54) is 5.56 Å². The summed E-state index contributed by atoms with van der Waals surface area (Å²) >= 11 is 0. The molecule has 28 heavy (non-hydrogen) atoms. The minimum atomic E-state index is -0.799. The number of hydrogen-bond donors (Lipinski definition) is 1. The summed E-state index contributed by atoms with van der Waals surface area (Å²) in [4.78, 5) is 20.9. The molecular weight excluding hydrogens is 358 g/mol. The fraction of sp³-hybridized carbons (Fsp3) is 0.524. The van der Waals surface area contributed by atoms with E-state index in [2.05, 4.69) is 41.0 Å². The highest BCUT2D eigenvalue weighted by Gasteiger charge is 2.26. The number of aliphatic carboxylic acids is 1. The number of nitrogens with zero attached hydrogens (tertiary/aromatic N) is 3. The SMILES string of the molecule is Cc1ccc2cc(CN3CCOCC(C(=O)O)C3)c(N3CCOCC3)nc2c1. The number of rotatable bonds is 4. The molecule has 1 atom stereocenters. The van der Waals surface area contributed by atoms with Crippen LogP contribution in [-0.2, 0) is 20.8 Å². The predicted molar refractivity (Wildman–Crippen MR) is 107 cm³/mol. The van der Waals surface area contributed by atoms with Crippen molar-refractivity contribution in [1.82, 2.24) is 9.88 Å². The second-order valence-electron chi connectivity index (χ2n) is 7.61. The molecule has 2 aliphatic heterocycles. The summed E-state index contributed by atoms with van der Waals surface area (Å²) in [5, 5.41) is 10.5. The molecule has 1 unspecified atom stereocenters. The fourth-order valence-electron chi connectivity index (χ4n) is 3.88. The van der Waals surface area contributed by atoms with Gasteiger partial charge in [0.25, 0.3) is 0 Å². The predicted octanol–water partition coefficient (Wildman–Crippen LogP) is 1.91. The standard InChI is InChI=1S/C21H27N3O4/c1-15-2-3-16-11-17(12-23-4-7-28-14-18(13-23)21(25)26)20(22-19(16)10-15)24-5-8-27-9-6-24/h2-3,10-11,18H,4-9,12-14H2,1H3,(H,25,26). The topological polar surface area (TPSA) is 75.1 Å². The van der Waals surface area contributed by atoms with Gasteiger partial charge in [-0.3, -0.25) is 9.69 Å². The van der Waals surface area contributed by atoms with E-state index < -0.39 is 11.9 Å². The first kappa shape index (κ1) is 19.1. The molecule has 0 spiro atoms. The lowest BCUT2D eigenvalue weighted by Crippen LogP contribution is -2.38. The maximum atomic E-state index is 11.5. The molecule has 1 aromatic carbocycles. The summed E-state index contributed by atoms with van der Waals surface area (Å²) in [6, 6.07) is 8.52. The van der Waals surface area contributed by atoms with Crippen LogP contribution in [-0.4, -0.2) is 73.6 Å². The van der Waals surface area contributed by atoms with Gasteiger partial charge in [-0.05, 0) is 24.6 Å². The van der Waals surface area contributed by atoms with Crippen molar-refractivity contribution >= 4 is 22.7 Å². The molecule has 4 rings (SSSR count). The van der Waals surface area contributed by atoms with Crippen LogP contribution in [0, 0.1) is 12.8 Å². The Hall–Kier alpha value is -2.22. The van der Waals surface area contributed by atoms with Gasteiger partial charge in [0.05, 0.1) is 37.9 Å². The van der Waals surface area contributed by atoms with Gasteiger partial charge in [-0.2, -0.15) is 0 Å². The minimum absolute atomic E-state index is 0.275. The summed E-state index contributed by atoms with van der Waals surface area (Å²) < 4.78 is 11.0. The normalized spacial score (nSPS) is 21.6. The van der Waals surface area contributed by atoms with Crippen molar-refractivity contribution in [3.8, 4) is 0 Å². The molecular formula is C21H27N3O4. The third-order valence-corrected chi connectivity index (χ3v) is 5.43. The van der Waals surface area contributed by atoms with E-state index in [9.17, 15) is 9.90 Å². The average molecular weight is 385 g/mol. The minimum Gasteiger partial charge on any atom is -0.481 e. The van der Waals surface area contributed by atoms with Crippen LogP contribution in [0.25, 0.3) is 10.9 Å². The van der Waals surface area contributed by atoms with Gasteiger partial charge in [0.15, 0.2) is 0 Å². The summed E-state index contributed by atoms with van der Waals surface area (Å²) in [7, 11) is 0. The van der Waals surface area contributed by atoms with Gasteiger partial charge in [0, 0.05) is 43.7 Å². The number of morpholine rings is 1. The number of carboxylic acids is 1. The molecule has 0 aliphatic carbocycles. The number of pyridine rings is 1. The number of hydrogen-bond acceptors (Lipinski definition) is 6. The Bertz CT molecular complexity index is 851. The molecule has 2 aliphatic rings. The lowest BCUT2D eigenvalue weighted by molar-refractivity contribution is -0.143. The van der Waals surface area contributed by atoms with Crippen molar-refractivity contribution < 1.29 is 19.4 Å². The van der Waals surface area contributed by atoms with Crippen LogP contribution in [0.5, 0.6) is 0 Å². The van der Waals surface area contributed by atoms with Gasteiger partial charge >= 0.3 is 5.97 Å².